The summed E-state index contributed by atoms with van der Waals surface area (Å²) in [5, 5.41) is 2.79. The molecule has 0 aliphatic carbocycles. The smallest absolute Gasteiger partial charge is 0.389 e. The van der Waals surface area contributed by atoms with Crippen molar-refractivity contribution in [2.75, 3.05) is 11.9 Å². The fourth-order valence-electron chi connectivity index (χ4n) is 1.15. The first-order chi connectivity index (χ1) is 7.88. The highest BCUT2D eigenvalue weighted by atomic mass is 32.1. The second-order valence-electron chi connectivity index (χ2n) is 3.44. The van der Waals surface area contributed by atoms with Gasteiger partial charge in [0.05, 0.1) is 0 Å². The van der Waals surface area contributed by atoms with Gasteiger partial charge in [-0.2, -0.15) is 13.2 Å². The Morgan fingerprint density at radius 1 is 1.41 bits per heavy atom. The van der Waals surface area contributed by atoms with E-state index in [0.717, 1.165) is 0 Å². The van der Waals surface area contributed by atoms with Crippen LogP contribution in [0.3, 0.4) is 0 Å². The van der Waals surface area contributed by atoms with Crippen molar-refractivity contribution in [1.82, 2.24) is 4.98 Å². The van der Waals surface area contributed by atoms with E-state index in [4.69, 9.17) is 18.0 Å². The number of aromatic nitrogens is 1. The molecule has 0 atom stereocenters. The predicted molar refractivity (Wildman–Crippen MR) is 63.9 cm³/mol. The number of halogens is 3. The number of thiocarbonyl (C=S) groups is 1. The summed E-state index contributed by atoms with van der Waals surface area (Å²) in [5.74, 6) is 0.507. The Morgan fingerprint density at radius 2 is 2.12 bits per heavy atom. The zero-order valence-electron chi connectivity index (χ0n) is 8.92. The van der Waals surface area contributed by atoms with E-state index in [2.05, 4.69) is 10.3 Å². The molecule has 0 aliphatic rings. The first kappa shape index (κ1) is 13.7. The van der Waals surface area contributed by atoms with Crippen molar-refractivity contribution in [2.45, 2.75) is 19.0 Å². The number of hydrogen-bond donors (Lipinski definition) is 2. The van der Waals surface area contributed by atoms with Gasteiger partial charge in [0.15, 0.2) is 0 Å². The number of hydrogen-bond acceptors (Lipinski definition) is 3. The molecule has 0 fully saturated rings. The van der Waals surface area contributed by atoms with Crippen molar-refractivity contribution in [1.29, 1.82) is 0 Å². The van der Waals surface area contributed by atoms with Gasteiger partial charge in [-0.25, -0.2) is 4.98 Å². The number of nitrogens with two attached hydrogens (primary N) is 1. The van der Waals surface area contributed by atoms with Gasteiger partial charge in [0.2, 0.25) is 0 Å². The molecule has 0 bridgehead atoms. The van der Waals surface area contributed by atoms with E-state index in [9.17, 15) is 13.2 Å². The van der Waals surface area contributed by atoms with Gasteiger partial charge in [0.25, 0.3) is 0 Å². The molecule has 0 aliphatic heterocycles. The number of alkyl halides is 3. The van der Waals surface area contributed by atoms with E-state index in [-0.39, 0.29) is 18.0 Å². The van der Waals surface area contributed by atoms with Crippen molar-refractivity contribution in [2.24, 2.45) is 5.73 Å². The Kier molecular flexibility index (Phi) is 4.68. The lowest BCUT2D eigenvalue weighted by molar-refractivity contribution is -0.134. The molecule has 1 aromatic rings. The third-order valence-electron chi connectivity index (χ3n) is 1.99. The van der Waals surface area contributed by atoms with Crippen LogP contribution in [0.15, 0.2) is 18.3 Å². The van der Waals surface area contributed by atoms with Gasteiger partial charge in [-0.15, -0.1) is 0 Å². The predicted octanol–water partition coefficient (Wildman–Crippen LogP) is 2.47. The third-order valence-corrected chi connectivity index (χ3v) is 2.23. The van der Waals surface area contributed by atoms with Gasteiger partial charge in [-0.3, -0.25) is 0 Å². The standard InChI is InChI=1S/C10H12F3N3S/c11-10(12,13)4-1-5-15-8-3-2-7(6-16-8)9(14)17/h2-3,6H,1,4-5H2,(H2,14,17)(H,15,16). The van der Waals surface area contributed by atoms with Gasteiger partial charge < -0.3 is 11.1 Å². The number of anilines is 1. The van der Waals surface area contributed by atoms with Crippen LogP contribution < -0.4 is 11.1 Å². The highest BCUT2D eigenvalue weighted by molar-refractivity contribution is 7.80. The second-order valence-corrected chi connectivity index (χ2v) is 3.88. The maximum absolute atomic E-state index is 11.9. The first-order valence-electron chi connectivity index (χ1n) is 4.95. The molecule has 0 radical (unpaired) electrons. The van der Waals surface area contributed by atoms with Crippen LogP contribution in [0.5, 0.6) is 0 Å². The van der Waals surface area contributed by atoms with Crippen molar-refractivity contribution < 1.29 is 13.2 Å². The Hall–Kier alpha value is -1.37. The molecular formula is C10H12F3N3S. The molecule has 1 aromatic heterocycles. The minimum Gasteiger partial charge on any atom is -0.389 e. The van der Waals surface area contributed by atoms with Crippen LogP contribution in [0.2, 0.25) is 0 Å². The van der Waals surface area contributed by atoms with Crippen LogP contribution in [0, 0.1) is 0 Å². The van der Waals surface area contributed by atoms with Crippen molar-refractivity contribution in [3.05, 3.63) is 23.9 Å². The Bertz CT molecular complexity index is 375. The van der Waals surface area contributed by atoms with Crippen LogP contribution in [0.25, 0.3) is 0 Å². The number of nitrogens with zero attached hydrogens (tertiary/aromatic N) is 1. The number of pyridine rings is 1. The summed E-state index contributed by atoms with van der Waals surface area (Å²) in [6.07, 6.45) is -3.41. The van der Waals surface area contributed by atoms with Crippen LogP contribution in [0.1, 0.15) is 18.4 Å². The van der Waals surface area contributed by atoms with Crippen molar-refractivity contribution in [3.8, 4) is 0 Å². The molecular weight excluding hydrogens is 251 g/mol. The van der Waals surface area contributed by atoms with E-state index in [1.807, 2.05) is 0 Å². The Labute approximate surface area is 102 Å². The molecule has 0 spiro atoms. The molecule has 1 heterocycles. The average molecular weight is 263 g/mol. The van der Waals surface area contributed by atoms with Crippen LogP contribution >= 0.6 is 12.2 Å². The van der Waals surface area contributed by atoms with Crippen LogP contribution in [-0.2, 0) is 0 Å². The van der Waals surface area contributed by atoms with Gasteiger partial charge in [0.1, 0.15) is 10.8 Å². The maximum Gasteiger partial charge on any atom is 0.389 e. The van der Waals surface area contributed by atoms with Crippen LogP contribution in [-0.4, -0.2) is 22.7 Å². The van der Waals surface area contributed by atoms with E-state index in [1.165, 1.54) is 6.20 Å². The van der Waals surface area contributed by atoms with Crippen molar-refractivity contribution in [3.63, 3.8) is 0 Å². The lowest BCUT2D eigenvalue weighted by atomic mass is 10.3. The normalized spacial score (nSPS) is 11.2. The summed E-state index contributed by atoms with van der Waals surface area (Å²) in [6.45, 7) is 0.221. The highest BCUT2D eigenvalue weighted by Crippen LogP contribution is 2.21. The van der Waals surface area contributed by atoms with Gasteiger partial charge in [-0.05, 0) is 18.6 Å². The molecule has 3 N–H and O–H groups in total. The monoisotopic (exact) mass is 263 g/mol. The molecule has 1 rings (SSSR count). The molecule has 0 saturated carbocycles. The summed E-state index contributed by atoms with van der Waals surface area (Å²) in [5.41, 5.74) is 6.01. The van der Waals surface area contributed by atoms with E-state index in [1.54, 1.807) is 12.1 Å². The summed E-state index contributed by atoms with van der Waals surface area (Å²) in [7, 11) is 0. The second kappa shape index (κ2) is 5.81. The largest absolute Gasteiger partial charge is 0.389 e. The minimum absolute atomic E-state index is 0.0161. The SMILES string of the molecule is NC(=S)c1ccc(NCCCC(F)(F)F)nc1. The zero-order chi connectivity index (χ0) is 12.9. The fraction of sp³-hybridized carbons (Fsp3) is 0.400. The molecule has 0 amide bonds. The van der Waals surface area contributed by atoms with Crippen LogP contribution in [0.4, 0.5) is 19.0 Å². The highest BCUT2D eigenvalue weighted by Gasteiger charge is 2.25. The topological polar surface area (TPSA) is 50.9 Å². The summed E-state index contributed by atoms with van der Waals surface area (Å²) < 4.78 is 35.6. The molecule has 0 unspecified atom stereocenters. The lowest BCUT2D eigenvalue weighted by Crippen LogP contribution is -2.12. The van der Waals surface area contributed by atoms with E-state index in [0.29, 0.717) is 11.4 Å². The molecule has 0 aromatic carbocycles. The molecule has 0 saturated heterocycles. The molecule has 94 valence electrons. The average Bonchev–Trinajstić information content (AvgIpc) is 2.24. The molecule has 17 heavy (non-hydrogen) atoms. The number of rotatable bonds is 5. The zero-order valence-corrected chi connectivity index (χ0v) is 9.74. The Balaban J connectivity index is 2.35. The van der Waals surface area contributed by atoms with E-state index < -0.39 is 12.6 Å². The summed E-state index contributed by atoms with van der Waals surface area (Å²) in [4.78, 5) is 4.21. The molecule has 3 nitrogen and oxygen atoms in total. The summed E-state index contributed by atoms with van der Waals surface area (Å²) in [6, 6.07) is 3.30. The van der Waals surface area contributed by atoms with Gasteiger partial charge in [0, 0.05) is 24.7 Å². The van der Waals surface area contributed by atoms with Crippen molar-refractivity contribution >= 4 is 23.0 Å². The molecule has 7 heteroatoms. The van der Waals surface area contributed by atoms with Gasteiger partial charge in [-0.1, -0.05) is 12.2 Å². The summed E-state index contributed by atoms with van der Waals surface area (Å²) >= 11 is 4.74. The first-order valence-corrected chi connectivity index (χ1v) is 5.36. The maximum atomic E-state index is 11.9. The quantitative estimate of drug-likeness (QED) is 0.633. The lowest BCUT2D eigenvalue weighted by Gasteiger charge is -2.08. The van der Waals surface area contributed by atoms with Gasteiger partial charge >= 0.3 is 6.18 Å². The minimum atomic E-state index is -4.11. The number of nitrogens with one attached hydrogen (secondary N) is 1. The van der Waals surface area contributed by atoms with E-state index >= 15 is 0 Å². The fourth-order valence-corrected chi connectivity index (χ4v) is 1.27. The third kappa shape index (κ3) is 5.48. The Morgan fingerprint density at radius 3 is 2.59 bits per heavy atom.